The first-order chi connectivity index (χ1) is 11.3. The molecule has 2 aromatic rings. The Morgan fingerprint density at radius 2 is 1.65 bits per heavy atom. The molecule has 0 aliphatic carbocycles. The average molecular weight is 312 g/mol. The van der Waals surface area contributed by atoms with E-state index >= 15 is 0 Å². The smallest absolute Gasteiger partial charge is 0.221 e. The first kappa shape index (κ1) is 14.2. The molecule has 0 bridgehead atoms. The molecule has 0 amide bonds. The van der Waals surface area contributed by atoms with E-state index in [1.807, 2.05) is 0 Å². The summed E-state index contributed by atoms with van der Waals surface area (Å²) in [5.74, 6) is 2.64. The molecule has 0 saturated carbocycles. The summed E-state index contributed by atoms with van der Waals surface area (Å²) in [6, 6.07) is 2.09. The zero-order chi connectivity index (χ0) is 15.6. The molecule has 1 saturated heterocycles. The van der Waals surface area contributed by atoms with Gasteiger partial charge in [0.15, 0.2) is 0 Å². The number of fused-ring (bicyclic) bond motifs is 1. The van der Waals surface area contributed by atoms with Crippen molar-refractivity contribution in [3.05, 3.63) is 30.0 Å². The third kappa shape index (κ3) is 2.67. The lowest BCUT2D eigenvalue weighted by Gasteiger charge is -2.30. The van der Waals surface area contributed by atoms with Crippen LogP contribution in [0, 0.1) is 0 Å². The van der Waals surface area contributed by atoms with E-state index in [0.29, 0.717) is 5.88 Å². The number of anilines is 2. The van der Waals surface area contributed by atoms with Gasteiger partial charge < -0.3 is 14.5 Å². The Labute approximate surface area is 135 Å². The van der Waals surface area contributed by atoms with Gasteiger partial charge in [0.25, 0.3) is 0 Å². The van der Waals surface area contributed by atoms with Crippen LogP contribution in [0.25, 0.3) is 0 Å². The van der Waals surface area contributed by atoms with Crippen molar-refractivity contribution in [2.45, 2.75) is 25.8 Å². The normalized spacial score (nSPS) is 17.3. The summed E-state index contributed by atoms with van der Waals surface area (Å²) in [5.41, 5.74) is 2.13. The van der Waals surface area contributed by atoms with Crippen LogP contribution in [0.1, 0.15) is 24.1 Å². The van der Waals surface area contributed by atoms with Crippen molar-refractivity contribution in [3.8, 4) is 5.88 Å². The average Bonchev–Trinajstić information content (AvgIpc) is 3.15. The van der Waals surface area contributed by atoms with Crippen LogP contribution in [0.3, 0.4) is 0 Å². The lowest BCUT2D eigenvalue weighted by atomic mass is 10.1. The molecular formula is C16H20N6O. The van der Waals surface area contributed by atoms with Crippen LogP contribution in [0.2, 0.25) is 0 Å². The van der Waals surface area contributed by atoms with Crippen LogP contribution in [0.5, 0.6) is 5.88 Å². The quantitative estimate of drug-likeness (QED) is 0.849. The lowest BCUT2D eigenvalue weighted by Crippen LogP contribution is -2.32. The lowest BCUT2D eigenvalue weighted by molar-refractivity contribution is 0.387. The molecule has 0 N–H and O–H groups in total. The highest BCUT2D eigenvalue weighted by Gasteiger charge is 2.23. The maximum atomic E-state index is 5.38. The number of nitrogens with zero attached hydrogens (tertiary/aromatic N) is 6. The van der Waals surface area contributed by atoms with E-state index in [9.17, 15) is 0 Å². The second kappa shape index (κ2) is 5.98. The van der Waals surface area contributed by atoms with Gasteiger partial charge in [-0.3, -0.25) is 0 Å². The maximum absolute atomic E-state index is 5.38. The molecule has 2 aliphatic rings. The fourth-order valence-corrected chi connectivity index (χ4v) is 3.32. The molecule has 4 heterocycles. The molecule has 23 heavy (non-hydrogen) atoms. The molecular weight excluding hydrogens is 292 g/mol. The van der Waals surface area contributed by atoms with Gasteiger partial charge in [-0.1, -0.05) is 0 Å². The molecule has 2 aromatic heterocycles. The van der Waals surface area contributed by atoms with E-state index in [2.05, 4.69) is 35.8 Å². The maximum Gasteiger partial charge on any atom is 0.221 e. The Hall–Kier alpha value is -2.44. The fraction of sp³-hybridized carbons (Fsp3) is 0.500. The van der Waals surface area contributed by atoms with Crippen molar-refractivity contribution in [2.24, 2.45) is 0 Å². The predicted octanol–water partition coefficient (Wildman–Crippen LogP) is 1.44. The van der Waals surface area contributed by atoms with E-state index in [-0.39, 0.29) is 0 Å². The molecule has 0 aromatic carbocycles. The highest BCUT2D eigenvalue weighted by atomic mass is 16.5. The van der Waals surface area contributed by atoms with Gasteiger partial charge in [0.05, 0.1) is 24.9 Å². The molecule has 0 spiro atoms. The fourth-order valence-electron chi connectivity index (χ4n) is 3.32. The number of rotatable bonds is 3. The van der Waals surface area contributed by atoms with Crippen molar-refractivity contribution in [3.63, 3.8) is 0 Å². The number of ether oxygens (including phenoxy) is 1. The molecule has 120 valence electrons. The van der Waals surface area contributed by atoms with Gasteiger partial charge in [0, 0.05) is 32.1 Å². The first-order valence-electron chi connectivity index (χ1n) is 8.04. The minimum Gasteiger partial charge on any atom is -0.481 e. The summed E-state index contributed by atoms with van der Waals surface area (Å²) in [7, 11) is 1.65. The molecule has 7 nitrogen and oxygen atoms in total. The summed E-state index contributed by atoms with van der Waals surface area (Å²) in [4.78, 5) is 22.1. The van der Waals surface area contributed by atoms with Crippen molar-refractivity contribution >= 4 is 11.6 Å². The molecule has 7 heteroatoms. The topological polar surface area (TPSA) is 67.3 Å². The molecule has 0 radical (unpaired) electrons. The van der Waals surface area contributed by atoms with Crippen LogP contribution in [-0.2, 0) is 13.0 Å². The zero-order valence-corrected chi connectivity index (χ0v) is 13.3. The van der Waals surface area contributed by atoms with Gasteiger partial charge in [-0.15, -0.1) is 0 Å². The Morgan fingerprint density at radius 3 is 2.43 bits per heavy atom. The third-order valence-electron chi connectivity index (χ3n) is 4.55. The van der Waals surface area contributed by atoms with E-state index in [4.69, 9.17) is 4.74 Å². The molecule has 0 unspecified atom stereocenters. The van der Waals surface area contributed by atoms with Crippen LogP contribution in [-0.4, -0.2) is 46.7 Å². The summed E-state index contributed by atoms with van der Waals surface area (Å²) >= 11 is 0. The third-order valence-corrected chi connectivity index (χ3v) is 4.55. The van der Waals surface area contributed by atoms with Crippen LogP contribution in [0.4, 0.5) is 11.6 Å². The molecule has 0 atom stereocenters. The van der Waals surface area contributed by atoms with E-state index in [0.717, 1.165) is 55.5 Å². The van der Waals surface area contributed by atoms with Crippen molar-refractivity contribution < 1.29 is 4.74 Å². The molecule has 1 fully saturated rings. The van der Waals surface area contributed by atoms with Gasteiger partial charge in [-0.2, -0.15) is 0 Å². The minimum atomic E-state index is 0.661. The van der Waals surface area contributed by atoms with E-state index < -0.39 is 0 Å². The first-order valence-corrected chi connectivity index (χ1v) is 8.04. The number of hydrogen-bond donors (Lipinski definition) is 0. The van der Waals surface area contributed by atoms with Crippen molar-refractivity contribution in [1.82, 2.24) is 19.9 Å². The largest absolute Gasteiger partial charge is 0.481 e. The van der Waals surface area contributed by atoms with Crippen LogP contribution >= 0.6 is 0 Å². The van der Waals surface area contributed by atoms with Crippen LogP contribution in [0.15, 0.2) is 18.7 Å². The standard InChI is InChI=1S/C16H20N6O/c1-23-16-12-9-22(7-4-13(12)17-10-20-16)15-8-14(18-11-19-15)21-5-2-3-6-21/h8,10-11H,2-7,9H2,1H3. The van der Waals surface area contributed by atoms with Crippen molar-refractivity contribution in [1.29, 1.82) is 0 Å². The highest BCUT2D eigenvalue weighted by Crippen LogP contribution is 2.28. The Morgan fingerprint density at radius 1 is 0.913 bits per heavy atom. The van der Waals surface area contributed by atoms with Gasteiger partial charge in [0.2, 0.25) is 5.88 Å². The van der Waals surface area contributed by atoms with E-state index in [1.54, 1.807) is 19.8 Å². The van der Waals surface area contributed by atoms with Gasteiger partial charge in [-0.05, 0) is 12.8 Å². The molecule has 4 rings (SSSR count). The van der Waals surface area contributed by atoms with Crippen LogP contribution < -0.4 is 14.5 Å². The van der Waals surface area contributed by atoms with Gasteiger partial charge in [-0.25, -0.2) is 19.9 Å². The van der Waals surface area contributed by atoms with Gasteiger partial charge >= 0.3 is 0 Å². The number of methoxy groups -OCH3 is 1. The second-order valence-corrected chi connectivity index (χ2v) is 5.91. The highest BCUT2D eigenvalue weighted by molar-refractivity contribution is 5.52. The monoisotopic (exact) mass is 312 g/mol. The number of aromatic nitrogens is 4. The minimum absolute atomic E-state index is 0.661. The molecule has 2 aliphatic heterocycles. The summed E-state index contributed by atoms with van der Waals surface area (Å²) < 4.78 is 5.38. The van der Waals surface area contributed by atoms with Gasteiger partial charge in [0.1, 0.15) is 24.3 Å². The summed E-state index contributed by atoms with van der Waals surface area (Å²) in [6.07, 6.45) is 6.59. The Bertz CT molecular complexity index is 686. The SMILES string of the molecule is COc1ncnc2c1CN(c1cc(N3CCCC3)ncn1)CC2. The Kier molecular flexibility index (Phi) is 3.69. The van der Waals surface area contributed by atoms with Crippen molar-refractivity contribution in [2.75, 3.05) is 36.5 Å². The second-order valence-electron chi connectivity index (χ2n) is 5.91. The zero-order valence-electron chi connectivity index (χ0n) is 13.3. The predicted molar refractivity (Wildman–Crippen MR) is 86.8 cm³/mol. The Balaban J connectivity index is 1.60. The number of hydrogen-bond acceptors (Lipinski definition) is 7. The summed E-state index contributed by atoms with van der Waals surface area (Å²) in [5, 5.41) is 0. The summed E-state index contributed by atoms with van der Waals surface area (Å²) in [6.45, 7) is 3.78. The van der Waals surface area contributed by atoms with E-state index in [1.165, 1.54) is 12.8 Å².